The third kappa shape index (κ3) is 1.89. The molecule has 0 saturated carbocycles. The third-order valence-electron chi connectivity index (χ3n) is 1.91. The van der Waals surface area contributed by atoms with E-state index in [1.54, 1.807) is 25.6 Å². The number of nitrogens with zero attached hydrogens (tertiary/aromatic N) is 3. The molecular formula is C10H8ClN3O. The molecule has 0 fully saturated rings. The molecule has 0 amide bonds. The molecule has 0 unspecified atom stereocenters. The average molecular weight is 222 g/mol. The van der Waals surface area contributed by atoms with Crippen LogP contribution < -0.4 is 4.74 Å². The summed E-state index contributed by atoms with van der Waals surface area (Å²) < 4.78 is 5.18. The summed E-state index contributed by atoms with van der Waals surface area (Å²) in [6.07, 6.45) is 4.67. The minimum atomic E-state index is 0.363. The first-order chi connectivity index (χ1) is 7.33. The first-order valence-corrected chi connectivity index (χ1v) is 4.65. The normalized spacial score (nSPS) is 10.0. The van der Waals surface area contributed by atoms with Crippen LogP contribution in [0.1, 0.15) is 0 Å². The van der Waals surface area contributed by atoms with Crippen LogP contribution in [-0.4, -0.2) is 22.1 Å². The zero-order chi connectivity index (χ0) is 10.7. The molecule has 4 nitrogen and oxygen atoms in total. The van der Waals surface area contributed by atoms with Gasteiger partial charge < -0.3 is 4.74 Å². The number of hydrogen-bond donors (Lipinski definition) is 0. The fourth-order valence-corrected chi connectivity index (χ4v) is 1.41. The molecule has 0 aromatic carbocycles. The molecule has 0 aliphatic rings. The second-order valence-electron chi connectivity index (χ2n) is 2.78. The monoisotopic (exact) mass is 221 g/mol. The summed E-state index contributed by atoms with van der Waals surface area (Å²) in [5, 5.41) is 0.363. The number of pyridine rings is 1. The molecule has 15 heavy (non-hydrogen) atoms. The first kappa shape index (κ1) is 9.86. The maximum atomic E-state index is 5.94. The van der Waals surface area contributed by atoms with E-state index >= 15 is 0 Å². The fourth-order valence-electron chi connectivity index (χ4n) is 1.23. The Bertz CT molecular complexity index is 476. The summed E-state index contributed by atoms with van der Waals surface area (Å²) in [5.74, 6) is 0.647. The number of aromatic nitrogens is 3. The number of hydrogen-bond acceptors (Lipinski definition) is 4. The van der Waals surface area contributed by atoms with Gasteiger partial charge in [0.2, 0.25) is 0 Å². The Morgan fingerprint density at radius 1 is 1.33 bits per heavy atom. The Morgan fingerprint density at radius 2 is 2.20 bits per heavy atom. The highest BCUT2D eigenvalue weighted by Crippen LogP contribution is 2.30. The van der Waals surface area contributed by atoms with Gasteiger partial charge >= 0.3 is 0 Å². The molecule has 0 aliphatic carbocycles. The Balaban J connectivity index is 2.59. The van der Waals surface area contributed by atoms with Crippen molar-refractivity contribution in [2.45, 2.75) is 0 Å². The van der Waals surface area contributed by atoms with Crippen molar-refractivity contribution in [3.8, 4) is 17.0 Å². The molecular weight excluding hydrogens is 214 g/mol. The first-order valence-electron chi connectivity index (χ1n) is 4.28. The van der Waals surface area contributed by atoms with E-state index in [0.29, 0.717) is 22.2 Å². The van der Waals surface area contributed by atoms with Crippen molar-refractivity contribution in [1.82, 2.24) is 15.0 Å². The molecule has 2 aromatic heterocycles. The van der Waals surface area contributed by atoms with Crippen LogP contribution >= 0.6 is 11.6 Å². The van der Waals surface area contributed by atoms with E-state index in [1.165, 1.54) is 6.33 Å². The zero-order valence-electron chi connectivity index (χ0n) is 8.01. The Hall–Kier alpha value is -1.68. The van der Waals surface area contributed by atoms with Crippen LogP contribution in [0.25, 0.3) is 11.3 Å². The molecule has 0 N–H and O–H groups in total. The topological polar surface area (TPSA) is 47.9 Å². The van der Waals surface area contributed by atoms with Gasteiger partial charge in [-0.25, -0.2) is 9.97 Å². The van der Waals surface area contributed by atoms with Crippen molar-refractivity contribution in [1.29, 1.82) is 0 Å². The predicted molar refractivity (Wildman–Crippen MR) is 56.8 cm³/mol. The fraction of sp³-hybridized carbons (Fsp3) is 0.100. The molecule has 0 radical (unpaired) electrons. The Morgan fingerprint density at radius 3 is 2.93 bits per heavy atom. The summed E-state index contributed by atoms with van der Waals surface area (Å²) >= 11 is 5.94. The maximum Gasteiger partial charge on any atom is 0.145 e. The van der Waals surface area contributed by atoms with Gasteiger partial charge in [0.1, 0.15) is 22.9 Å². The summed E-state index contributed by atoms with van der Waals surface area (Å²) in [6.45, 7) is 0. The summed E-state index contributed by atoms with van der Waals surface area (Å²) in [5.41, 5.74) is 1.31. The van der Waals surface area contributed by atoms with Gasteiger partial charge in [0.15, 0.2) is 0 Å². The van der Waals surface area contributed by atoms with Gasteiger partial charge in [-0.1, -0.05) is 11.6 Å². The molecule has 76 valence electrons. The largest absolute Gasteiger partial charge is 0.494 e. The van der Waals surface area contributed by atoms with E-state index in [-0.39, 0.29) is 0 Å². The molecule has 2 heterocycles. The standard InChI is InChI=1S/C10H8ClN3O/c1-15-8-3-2-4-13-9(8)7-5-12-6-14-10(7)11/h2-6H,1H3. The number of ether oxygens (including phenoxy) is 1. The van der Waals surface area contributed by atoms with E-state index in [2.05, 4.69) is 15.0 Å². The van der Waals surface area contributed by atoms with Crippen molar-refractivity contribution in [2.75, 3.05) is 7.11 Å². The lowest BCUT2D eigenvalue weighted by Crippen LogP contribution is -1.93. The van der Waals surface area contributed by atoms with Crippen molar-refractivity contribution in [3.05, 3.63) is 36.0 Å². The number of methoxy groups -OCH3 is 1. The lowest BCUT2D eigenvalue weighted by molar-refractivity contribution is 0.415. The molecule has 2 rings (SSSR count). The zero-order valence-corrected chi connectivity index (χ0v) is 8.77. The lowest BCUT2D eigenvalue weighted by Gasteiger charge is -2.06. The molecule has 0 saturated heterocycles. The highest BCUT2D eigenvalue weighted by atomic mass is 35.5. The smallest absolute Gasteiger partial charge is 0.145 e. The number of halogens is 1. The average Bonchev–Trinajstić information content (AvgIpc) is 2.30. The lowest BCUT2D eigenvalue weighted by atomic mass is 10.2. The van der Waals surface area contributed by atoms with Gasteiger partial charge in [0.05, 0.1) is 12.7 Å². The second kappa shape index (κ2) is 4.23. The minimum absolute atomic E-state index is 0.363. The van der Waals surface area contributed by atoms with Crippen LogP contribution in [0.4, 0.5) is 0 Å². The highest BCUT2D eigenvalue weighted by Gasteiger charge is 2.10. The van der Waals surface area contributed by atoms with Gasteiger partial charge in [0, 0.05) is 12.4 Å². The van der Waals surface area contributed by atoms with Gasteiger partial charge in [-0.15, -0.1) is 0 Å². The van der Waals surface area contributed by atoms with Crippen LogP contribution in [0.15, 0.2) is 30.9 Å². The SMILES string of the molecule is COc1cccnc1-c1cncnc1Cl. The van der Waals surface area contributed by atoms with E-state index in [4.69, 9.17) is 16.3 Å². The maximum absolute atomic E-state index is 5.94. The van der Waals surface area contributed by atoms with Crippen molar-refractivity contribution in [2.24, 2.45) is 0 Å². The second-order valence-corrected chi connectivity index (χ2v) is 3.14. The van der Waals surface area contributed by atoms with E-state index in [1.807, 2.05) is 6.07 Å². The van der Waals surface area contributed by atoms with E-state index < -0.39 is 0 Å². The Kier molecular flexibility index (Phi) is 2.78. The van der Waals surface area contributed by atoms with Gasteiger partial charge in [-0.3, -0.25) is 4.98 Å². The summed E-state index contributed by atoms with van der Waals surface area (Å²) in [4.78, 5) is 12.0. The van der Waals surface area contributed by atoms with E-state index in [9.17, 15) is 0 Å². The molecule has 2 aromatic rings. The molecule has 0 bridgehead atoms. The minimum Gasteiger partial charge on any atom is -0.494 e. The number of rotatable bonds is 2. The predicted octanol–water partition coefficient (Wildman–Crippen LogP) is 2.20. The van der Waals surface area contributed by atoms with Gasteiger partial charge in [-0.2, -0.15) is 0 Å². The molecule has 0 spiro atoms. The van der Waals surface area contributed by atoms with Crippen LogP contribution in [0.3, 0.4) is 0 Å². The summed E-state index contributed by atoms with van der Waals surface area (Å²) in [6, 6.07) is 3.60. The van der Waals surface area contributed by atoms with Crippen LogP contribution in [0.5, 0.6) is 5.75 Å². The third-order valence-corrected chi connectivity index (χ3v) is 2.21. The van der Waals surface area contributed by atoms with Crippen molar-refractivity contribution in [3.63, 3.8) is 0 Å². The quantitative estimate of drug-likeness (QED) is 0.730. The summed E-state index contributed by atoms with van der Waals surface area (Å²) in [7, 11) is 1.58. The molecule has 0 atom stereocenters. The van der Waals surface area contributed by atoms with E-state index in [0.717, 1.165) is 0 Å². The van der Waals surface area contributed by atoms with Crippen LogP contribution in [0.2, 0.25) is 5.15 Å². The molecule has 5 heteroatoms. The van der Waals surface area contributed by atoms with Crippen molar-refractivity contribution < 1.29 is 4.74 Å². The van der Waals surface area contributed by atoms with Gasteiger partial charge in [0.25, 0.3) is 0 Å². The van der Waals surface area contributed by atoms with Crippen molar-refractivity contribution >= 4 is 11.6 Å². The highest BCUT2D eigenvalue weighted by molar-refractivity contribution is 6.32. The Labute approximate surface area is 91.9 Å². The van der Waals surface area contributed by atoms with Crippen LogP contribution in [0, 0.1) is 0 Å². The van der Waals surface area contributed by atoms with Gasteiger partial charge in [-0.05, 0) is 12.1 Å². The molecule has 0 aliphatic heterocycles. The van der Waals surface area contributed by atoms with Crippen LogP contribution in [-0.2, 0) is 0 Å².